The Hall–Kier alpha value is -2.88. The molecule has 0 fully saturated rings. The number of fused-ring (bicyclic) bond motifs is 2. The highest BCUT2D eigenvalue weighted by Crippen LogP contribution is 2.38. The van der Waals surface area contributed by atoms with Gasteiger partial charge in [0.1, 0.15) is 5.75 Å². The van der Waals surface area contributed by atoms with Crippen LogP contribution in [0, 0.1) is 0 Å². The Morgan fingerprint density at radius 2 is 1.86 bits per heavy atom. The van der Waals surface area contributed by atoms with Crippen molar-refractivity contribution in [1.29, 1.82) is 0 Å². The average Bonchev–Trinajstić information content (AvgIpc) is 3.43. The minimum atomic E-state index is -3.76. The summed E-state index contributed by atoms with van der Waals surface area (Å²) in [7, 11) is -2.22. The fourth-order valence-corrected chi connectivity index (χ4v) is 7.54. The zero-order valence-corrected chi connectivity index (χ0v) is 23.3. The van der Waals surface area contributed by atoms with Crippen LogP contribution >= 0.6 is 27.3 Å². The lowest BCUT2D eigenvalue weighted by Crippen LogP contribution is -2.35. The molecule has 1 atom stereocenters. The molecule has 0 spiro atoms. The number of ether oxygens (including phenoxy) is 1. The van der Waals surface area contributed by atoms with Crippen LogP contribution in [0.3, 0.4) is 0 Å². The second-order valence-electron chi connectivity index (χ2n) is 8.68. The molecule has 4 aromatic rings. The second-order valence-corrected chi connectivity index (χ2v) is 12.5. The van der Waals surface area contributed by atoms with Gasteiger partial charge in [-0.25, -0.2) is 8.42 Å². The zero-order valence-electron chi connectivity index (χ0n) is 20.1. The number of rotatable bonds is 6. The van der Waals surface area contributed by atoms with Crippen LogP contribution in [0.4, 0.5) is 11.4 Å². The maximum atomic E-state index is 13.6. The number of amides is 1. The summed E-state index contributed by atoms with van der Waals surface area (Å²) < 4.78 is 35.2. The highest BCUT2D eigenvalue weighted by Gasteiger charge is 2.32. The Kier molecular flexibility index (Phi) is 6.57. The molecule has 9 heteroatoms. The van der Waals surface area contributed by atoms with Gasteiger partial charge in [0, 0.05) is 27.4 Å². The van der Waals surface area contributed by atoms with E-state index in [0.717, 1.165) is 32.2 Å². The van der Waals surface area contributed by atoms with Gasteiger partial charge in [-0.15, -0.1) is 11.3 Å². The number of hydrogen-bond acceptors (Lipinski definition) is 5. The minimum Gasteiger partial charge on any atom is -0.497 e. The van der Waals surface area contributed by atoms with Gasteiger partial charge in [0.2, 0.25) is 0 Å². The molecular formula is C27H25BrN2O4S2. The SMILES string of the molecule is CCN(c1ccc2sc(C(=O)N3c4ccc(Br)cc4CC3C)cc2c1)S(=O)(=O)c1ccc(OC)cc1. The van der Waals surface area contributed by atoms with Gasteiger partial charge >= 0.3 is 0 Å². The van der Waals surface area contributed by atoms with Crippen molar-refractivity contribution in [3.05, 3.63) is 81.6 Å². The fourth-order valence-electron chi connectivity index (χ4n) is 4.69. The van der Waals surface area contributed by atoms with E-state index >= 15 is 0 Å². The maximum Gasteiger partial charge on any atom is 0.268 e. The molecule has 0 saturated carbocycles. The molecule has 0 N–H and O–H groups in total. The molecule has 2 heterocycles. The van der Waals surface area contributed by atoms with Crippen molar-refractivity contribution in [2.45, 2.75) is 31.2 Å². The van der Waals surface area contributed by atoms with Gasteiger partial charge in [-0.2, -0.15) is 0 Å². The lowest BCUT2D eigenvalue weighted by Gasteiger charge is -2.23. The van der Waals surface area contributed by atoms with Crippen molar-refractivity contribution < 1.29 is 17.9 Å². The number of anilines is 2. The second kappa shape index (κ2) is 9.53. The Bertz CT molecular complexity index is 1560. The topological polar surface area (TPSA) is 66.9 Å². The van der Waals surface area contributed by atoms with Crippen molar-refractivity contribution in [2.24, 2.45) is 0 Å². The van der Waals surface area contributed by atoms with E-state index in [1.165, 1.54) is 15.6 Å². The fraction of sp³-hybridized carbons (Fsp3) is 0.222. The molecule has 186 valence electrons. The summed E-state index contributed by atoms with van der Waals surface area (Å²) in [5.41, 5.74) is 2.65. The molecular weight excluding hydrogens is 560 g/mol. The van der Waals surface area contributed by atoms with Crippen molar-refractivity contribution >= 4 is 64.7 Å². The van der Waals surface area contributed by atoms with Gasteiger partial charge in [0.05, 0.1) is 22.6 Å². The minimum absolute atomic E-state index is 0.0375. The molecule has 1 aliphatic rings. The monoisotopic (exact) mass is 584 g/mol. The number of sulfonamides is 1. The highest BCUT2D eigenvalue weighted by atomic mass is 79.9. The molecule has 0 aliphatic carbocycles. The van der Waals surface area contributed by atoms with Gasteiger partial charge in [-0.05, 0) is 97.9 Å². The number of carbonyl (C=O) groups is 1. The summed E-state index contributed by atoms with van der Waals surface area (Å²) in [5, 5.41) is 0.840. The maximum absolute atomic E-state index is 13.6. The van der Waals surface area contributed by atoms with E-state index in [1.807, 2.05) is 35.2 Å². The number of hydrogen-bond donors (Lipinski definition) is 0. The van der Waals surface area contributed by atoms with Gasteiger partial charge in [0.25, 0.3) is 15.9 Å². The average molecular weight is 586 g/mol. The summed E-state index contributed by atoms with van der Waals surface area (Å²) in [6.07, 6.45) is 0.810. The number of carbonyl (C=O) groups excluding carboxylic acids is 1. The summed E-state index contributed by atoms with van der Waals surface area (Å²) in [5.74, 6) is 0.556. The lowest BCUT2D eigenvalue weighted by molar-refractivity contribution is 0.0985. The Morgan fingerprint density at radius 1 is 1.11 bits per heavy atom. The van der Waals surface area contributed by atoms with E-state index in [9.17, 15) is 13.2 Å². The van der Waals surface area contributed by atoms with Gasteiger partial charge < -0.3 is 9.64 Å². The summed E-state index contributed by atoms with van der Waals surface area (Å²) >= 11 is 4.94. The van der Waals surface area contributed by atoms with E-state index < -0.39 is 10.0 Å². The molecule has 1 amide bonds. The summed E-state index contributed by atoms with van der Waals surface area (Å²) in [6.45, 7) is 4.13. The lowest BCUT2D eigenvalue weighted by atomic mass is 10.1. The van der Waals surface area contributed by atoms with Crippen molar-refractivity contribution in [3.63, 3.8) is 0 Å². The first-order chi connectivity index (χ1) is 17.2. The predicted molar refractivity (Wildman–Crippen MR) is 149 cm³/mol. The van der Waals surface area contributed by atoms with E-state index in [-0.39, 0.29) is 23.4 Å². The molecule has 0 saturated heterocycles. The number of methoxy groups -OCH3 is 1. The van der Waals surface area contributed by atoms with Gasteiger partial charge in [0.15, 0.2) is 0 Å². The first-order valence-corrected chi connectivity index (χ1v) is 14.6. The van der Waals surface area contributed by atoms with Crippen LogP contribution in [-0.2, 0) is 16.4 Å². The van der Waals surface area contributed by atoms with Gasteiger partial charge in [-0.1, -0.05) is 15.9 Å². The normalized spacial score (nSPS) is 15.2. The quantitative estimate of drug-likeness (QED) is 0.260. The van der Waals surface area contributed by atoms with Crippen LogP contribution in [-0.4, -0.2) is 34.0 Å². The summed E-state index contributed by atoms with van der Waals surface area (Å²) in [6, 6.07) is 19.8. The van der Waals surface area contributed by atoms with Crippen LogP contribution in [0.15, 0.2) is 76.1 Å². The largest absolute Gasteiger partial charge is 0.497 e. The standard InChI is InChI=1S/C27H25BrN2O4S2/c1-4-29(36(32,33)23-9-7-22(34-3)8-10-23)21-6-12-25-19(15-21)16-26(35-25)27(31)30-17(2)13-18-14-20(28)5-11-24(18)30/h5-12,14-17H,4,13H2,1-3H3. The molecule has 6 nitrogen and oxygen atoms in total. The third kappa shape index (κ3) is 4.29. The first-order valence-electron chi connectivity index (χ1n) is 11.6. The van der Waals surface area contributed by atoms with Crippen LogP contribution in [0.5, 0.6) is 5.75 Å². The smallest absolute Gasteiger partial charge is 0.268 e. The van der Waals surface area contributed by atoms with Crippen molar-refractivity contribution in [2.75, 3.05) is 22.9 Å². The van der Waals surface area contributed by atoms with Crippen molar-refractivity contribution in [3.8, 4) is 5.75 Å². The molecule has 36 heavy (non-hydrogen) atoms. The molecule has 1 aliphatic heterocycles. The number of thiophene rings is 1. The molecule has 1 aromatic heterocycles. The molecule has 0 radical (unpaired) electrons. The predicted octanol–water partition coefficient (Wildman–Crippen LogP) is 6.48. The third-order valence-electron chi connectivity index (χ3n) is 6.41. The van der Waals surface area contributed by atoms with Gasteiger partial charge in [-0.3, -0.25) is 9.10 Å². The zero-order chi connectivity index (χ0) is 25.6. The van der Waals surface area contributed by atoms with Crippen LogP contribution in [0.1, 0.15) is 29.1 Å². The Morgan fingerprint density at radius 3 is 2.56 bits per heavy atom. The van der Waals surface area contributed by atoms with E-state index in [2.05, 4.69) is 28.9 Å². The Labute approximate surface area is 223 Å². The first kappa shape index (κ1) is 24.8. The van der Waals surface area contributed by atoms with Crippen LogP contribution in [0.2, 0.25) is 0 Å². The number of halogens is 1. The molecule has 0 bridgehead atoms. The van der Waals surface area contributed by atoms with Crippen LogP contribution < -0.4 is 13.9 Å². The van der Waals surface area contributed by atoms with E-state index in [1.54, 1.807) is 44.4 Å². The third-order valence-corrected chi connectivity index (χ3v) is 9.92. The molecule has 5 rings (SSSR count). The van der Waals surface area contributed by atoms with E-state index in [4.69, 9.17) is 4.74 Å². The Balaban J connectivity index is 1.47. The number of nitrogens with zero attached hydrogens (tertiary/aromatic N) is 2. The highest BCUT2D eigenvalue weighted by molar-refractivity contribution is 9.10. The molecule has 3 aromatic carbocycles. The molecule has 1 unspecified atom stereocenters. The number of benzene rings is 3. The summed E-state index contributed by atoms with van der Waals surface area (Å²) in [4.78, 5) is 16.2. The van der Waals surface area contributed by atoms with E-state index in [0.29, 0.717) is 16.3 Å². The van der Waals surface area contributed by atoms with Crippen molar-refractivity contribution in [1.82, 2.24) is 0 Å². The van der Waals surface area contributed by atoms with Crippen LogP contribution in [0.25, 0.3) is 10.1 Å².